The number of carbonyl (C=O) groups excluding carboxylic acids is 2. The van der Waals surface area contributed by atoms with Crippen molar-refractivity contribution in [3.8, 4) is 0 Å². The second kappa shape index (κ2) is 7.44. The molecule has 0 aromatic heterocycles. The first kappa shape index (κ1) is 15.8. The summed E-state index contributed by atoms with van der Waals surface area (Å²) in [5.41, 5.74) is 1.06. The van der Waals surface area contributed by atoms with Crippen molar-refractivity contribution in [3.05, 3.63) is 48.0 Å². The SMILES string of the molecule is O=C(N[C@@H](Cc1ccccc1)C(=O)NC1CC1)[C@H]1CC=CCC1. The number of carbonyl (C=O) groups is 2. The van der Waals surface area contributed by atoms with Crippen LogP contribution in [0.15, 0.2) is 42.5 Å². The maximum atomic E-state index is 12.5. The predicted octanol–water partition coefficient (Wildman–Crippen LogP) is 2.35. The largest absolute Gasteiger partial charge is 0.352 e. The quantitative estimate of drug-likeness (QED) is 0.792. The summed E-state index contributed by atoms with van der Waals surface area (Å²) in [5.74, 6) is -0.0655. The highest BCUT2D eigenvalue weighted by molar-refractivity contribution is 5.89. The Bertz CT molecular complexity index is 578. The van der Waals surface area contributed by atoms with Crippen LogP contribution in [0.25, 0.3) is 0 Å². The molecule has 2 amide bonds. The smallest absolute Gasteiger partial charge is 0.243 e. The van der Waals surface area contributed by atoms with Crippen LogP contribution in [-0.2, 0) is 16.0 Å². The molecule has 2 atom stereocenters. The summed E-state index contributed by atoms with van der Waals surface area (Å²) < 4.78 is 0. The van der Waals surface area contributed by atoms with E-state index in [1.54, 1.807) is 0 Å². The van der Waals surface area contributed by atoms with E-state index in [1.807, 2.05) is 30.3 Å². The Labute approximate surface area is 137 Å². The molecule has 1 aromatic carbocycles. The highest BCUT2D eigenvalue weighted by Gasteiger charge is 2.30. The zero-order valence-electron chi connectivity index (χ0n) is 13.3. The van der Waals surface area contributed by atoms with Gasteiger partial charge in [0.25, 0.3) is 0 Å². The number of rotatable bonds is 6. The molecule has 0 unspecified atom stereocenters. The molecule has 0 radical (unpaired) electrons. The zero-order chi connectivity index (χ0) is 16.1. The van der Waals surface area contributed by atoms with E-state index in [1.165, 1.54) is 0 Å². The predicted molar refractivity (Wildman–Crippen MR) is 89.7 cm³/mol. The van der Waals surface area contributed by atoms with Crippen LogP contribution in [0.4, 0.5) is 0 Å². The van der Waals surface area contributed by atoms with Crippen molar-refractivity contribution in [3.63, 3.8) is 0 Å². The number of hydrogen-bond acceptors (Lipinski definition) is 2. The van der Waals surface area contributed by atoms with Crippen LogP contribution in [0.2, 0.25) is 0 Å². The summed E-state index contributed by atoms with van der Waals surface area (Å²) in [4.78, 5) is 25.0. The van der Waals surface area contributed by atoms with E-state index in [4.69, 9.17) is 0 Å². The van der Waals surface area contributed by atoms with Gasteiger partial charge in [-0.1, -0.05) is 42.5 Å². The number of hydrogen-bond donors (Lipinski definition) is 2. The summed E-state index contributed by atoms with van der Waals surface area (Å²) >= 11 is 0. The molecule has 0 aliphatic heterocycles. The lowest BCUT2D eigenvalue weighted by Crippen LogP contribution is -2.50. The van der Waals surface area contributed by atoms with Crippen molar-refractivity contribution in [2.75, 3.05) is 0 Å². The van der Waals surface area contributed by atoms with E-state index in [-0.39, 0.29) is 17.7 Å². The Balaban J connectivity index is 1.64. The minimum Gasteiger partial charge on any atom is -0.352 e. The molecule has 4 nitrogen and oxygen atoms in total. The Morgan fingerprint density at radius 2 is 1.87 bits per heavy atom. The first-order valence-corrected chi connectivity index (χ1v) is 8.52. The molecule has 0 saturated heterocycles. The van der Waals surface area contributed by atoms with Crippen LogP contribution in [0.5, 0.6) is 0 Å². The third-order valence-corrected chi connectivity index (χ3v) is 4.48. The van der Waals surface area contributed by atoms with Gasteiger partial charge in [0.1, 0.15) is 6.04 Å². The molecule has 4 heteroatoms. The van der Waals surface area contributed by atoms with Crippen molar-refractivity contribution < 1.29 is 9.59 Å². The van der Waals surface area contributed by atoms with Gasteiger partial charge in [0.15, 0.2) is 0 Å². The molecule has 0 bridgehead atoms. The molecule has 1 aromatic rings. The lowest BCUT2D eigenvalue weighted by atomic mass is 9.93. The van der Waals surface area contributed by atoms with Crippen molar-refractivity contribution in [2.45, 2.75) is 50.6 Å². The summed E-state index contributed by atoms with van der Waals surface area (Å²) in [6.45, 7) is 0. The molecular weight excluding hydrogens is 288 g/mol. The minimum atomic E-state index is -0.489. The van der Waals surface area contributed by atoms with Crippen LogP contribution in [0.1, 0.15) is 37.7 Å². The van der Waals surface area contributed by atoms with Crippen LogP contribution in [-0.4, -0.2) is 23.9 Å². The van der Waals surface area contributed by atoms with Crippen molar-refractivity contribution in [1.82, 2.24) is 10.6 Å². The van der Waals surface area contributed by atoms with Crippen LogP contribution < -0.4 is 10.6 Å². The molecule has 0 spiro atoms. The maximum absolute atomic E-state index is 12.5. The van der Waals surface area contributed by atoms with Crippen LogP contribution >= 0.6 is 0 Å². The Morgan fingerprint density at radius 1 is 1.09 bits per heavy atom. The number of amides is 2. The van der Waals surface area contributed by atoms with E-state index < -0.39 is 6.04 Å². The molecular formula is C19H24N2O2. The van der Waals surface area contributed by atoms with Gasteiger partial charge in [0.05, 0.1) is 0 Å². The fourth-order valence-corrected chi connectivity index (χ4v) is 2.91. The van der Waals surface area contributed by atoms with Crippen molar-refractivity contribution in [1.29, 1.82) is 0 Å². The van der Waals surface area contributed by atoms with E-state index in [0.717, 1.165) is 37.7 Å². The average Bonchev–Trinajstić information content (AvgIpc) is 3.40. The number of benzene rings is 1. The highest BCUT2D eigenvalue weighted by atomic mass is 16.2. The minimum absolute atomic E-state index is 0.00114. The molecule has 122 valence electrons. The highest BCUT2D eigenvalue weighted by Crippen LogP contribution is 2.20. The molecule has 23 heavy (non-hydrogen) atoms. The molecule has 2 aliphatic carbocycles. The Hall–Kier alpha value is -2.10. The lowest BCUT2D eigenvalue weighted by molar-refractivity contribution is -0.131. The molecule has 0 heterocycles. The summed E-state index contributed by atoms with van der Waals surface area (Å²) in [6.07, 6.45) is 9.38. The maximum Gasteiger partial charge on any atom is 0.243 e. The lowest BCUT2D eigenvalue weighted by Gasteiger charge is -2.23. The van der Waals surface area contributed by atoms with Gasteiger partial charge >= 0.3 is 0 Å². The summed E-state index contributed by atoms with van der Waals surface area (Å²) in [5, 5.41) is 6.00. The molecule has 1 saturated carbocycles. The number of allylic oxidation sites excluding steroid dienone is 2. The first-order valence-electron chi connectivity index (χ1n) is 8.52. The van der Waals surface area contributed by atoms with Gasteiger partial charge in [-0.2, -0.15) is 0 Å². The van der Waals surface area contributed by atoms with Gasteiger partial charge in [-0.15, -0.1) is 0 Å². The monoisotopic (exact) mass is 312 g/mol. The van der Waals surface area contributed by atoms with Crippen molar-refractivity contribution >= 4 is 11.8 Å². The fourth-order valence-electron chi connectivity index (χ4n) is 2.91. The standard InChI is InChI=1S/C19H24N2O2/c22-18(15-9-5-2-6-10-15)21-17(19(23)20-16-11-12-16)13-14-7-3-1-4-8-14/h1-5,7-8,15-17H,6,9-13H2,(H,20,23)(H,21,22)/t15-,17-/m0/s1. The van der Waals surface area contributed by atoms with E-state index in [9.17, 15) is 9.59 Å². The van der Waals surface area contributed by atoms with Gasteiger partial charge in [-0.3, -0.25) is 9.59 Å². The summed E-state index contributed by atoms with van der Waals surface area (Å²) in [7, 11) is 0. The zero-order valence-corrected chi connectivity index (χ0v) is 13.3. The topological polar surface area (TPSA) is 58.2 Å². The van der Waals surface area contributed by atoms with E-state index >= 15 is 0 Å². The second-order valence-corrected chi connectivity index (χ2v) is 6.52. The normalized spacial score (nSPS) is 21.5. The van der Waals surface area contributed by atoms with Gasteiger partial charge < -0.3 is 10.6 Å². The van der Waals surface area contributed by atoms with E-state index in [2.05, 4.69) is 22.8 Å². The fraction of sp³-hybridized carbons (Fsp3) is 0.474. The van der Waals surface area contributed by atoms with Gasteiger partial charge in [-0.25, -0.2) is 0 Å². The number of nitrogens with one attached hydrogen (secondary N) is 2. The second-order valence-electron chi connectivity index (χ2n) is 6.52. The third kappa shape index (κ3) is 4.68. The van der Waals surface area contributed by atoms with Crippen LogP contribution in [0, 0.1) is 5.92 Å². The molecule has 2 N–H and O–H groups in total. The Kier molecular flexibility index (Phi) is 5.11. The molecule has 1 fully saturated rings. The van der Waals surface area contributed by atoms with E-state index in [0.29, 0.717) is 12.5 Å². The van der Waals surface area contributed by atoms with Crippen LogP contribution in [0.3, 0.4) is 0 Å². The molecule has 3 rings (SSSR count). The first-order chi connectivity index (χ1) is 11.2. The van der Waals surface area contributed by atoms with Gasteiger partial charge in [0, 0.05) is 18.4 Å². The molecule has 2 aliphatic rings. The summed E-state index contributed by atoms with van der Waals surface area (Å²) in [6, 6.07) is 9.67. The van der Waals surface area contributed by atoms with Crippen molar-refractivity contribution in [2.24, 2.45) is 5.92 Å². The van der Waals surface area contributed by atoms with Gasteiger partial charge in [0.2, 0.25) is 11.8 Å². The van der Waals surface area contributed by atoms with Gasteiger partial charge in [-0.05, 0) is 37.7 Å². The average molecular weight is 312 g/mol. The third-order valence-electron chi connectivity index (χ3n) is 4.48. The Morgan fingerprint density at radius 3 is 2.52 bits per heavy atom.